The van der Waals surface area contributed by atoms with E-state index in [1.807, 2.05) is 18.4 Å². The Hall–Kier alpha value is -2.34. The van der Waals surface area contributed by atoms with Crippen molar-refractivity contribution in [3.05, 3.63) is 45.6 Å². The van der Waals surface area contributed by atoms with Crippen LogP contribution in [0.4, 0.5) is 0 Å². The first kappa shape index (κ1) is 15.1. The molecule has 2 rings (SSSR count). The zero-order valence-corrected chi connectivity index (χ0v) is 12.9. The number of nitrogens with zero attached hydrogens (tertiary/aromatic N) is 1. The Morgan fingerprint density at radius 3 is 2.43 bits per heavy atom. The average molecular weight is 304 g/mol. The number of benzene rings is 1. The zero-order chi connectivity index (χ0) is 15.2. The third-order valence-corrected chi connectivity index (χ3v) is 3.82. The van der Waals surface area contributed by atoms with Crippen LogP contribution in [0.25, 0.3) is 0 Å². The lowest BCUT2D eigenvalue weighted by molar-refractivity contribution is 0.0954. The van der Waals surface area contributed by atoms with E-state index in [0.29, 0.717) is 17.1 Å². The van der Waals surface area contributed by atoms with Crippen molar-refractivity contribution < 1.29 is 14.3 Å². The molecule has 6 heteroatoms. The monoisotopic (exact) mass is 304 g/mol. The summed E-state index contributed by atoms with van der Waals surface area (Å²) in [6, 6.07) is 6.96. The highest BCUT2D eigenvalue weighted by atomic mass is 32.1. The van der Waals surface area contributed by atoms with Crippen LogP contribution in [0.5, 0.6) is 11.5 Å². The van der Waals surface area contributed by atoms with E-state index in [-0.39, 0.29) is 5.91 Å². The molecule has 0 aliphatic carbocycles. The van der Waals surface area contributed by atoms with Crippen molar-refractivity contribution in [2.75, 3.05) is 14.2 Å². The lowest BCUT2D eigenvalue weighted by atomic mass is 10.2. The quantitative estimate of drug-likeness (QED) is 0.682. The van der Waals surface area contributed by atoms with Crippen LogP contribution in [-0.4, -0.2) is 26.3 Å². The number of ether oxygens (including phenoxy) is 2. The Labute approximate surface area is 127 Å². The number of methoxy groups -OCH3 is 2. The molecule has 2 aromatic rings. The predicted molar refractivity (Wildman–Crippen MR) is 83.7 cm³/mol. The van der Waals surface area contributed by atoms with Gasteiger partial charge in [0.05, 0.1) is 20.4 Å². The molecular formula is C15H16N2O3S. The summed E-state index contributed by atoms with van der Waals surface area (Å²) in [5, 5.41) is 5.94. The molecule has 0 spiro atoms. The number of rotatable bonds is 5. The molecule has 0 fully saturated rings. The highest BCUT2D eigenvalue weighted by Gasteiger charge is 2.09. The second-order valence-corrected chi connectivity index (χ2v) is 5.22. The second-order valence-electron chi connectivity index (χ2n) is 4.27. The first-order valence-corrected chi connectivity index (χ1v) is 7.12. The maximum Gasteiger partial charge on any atom is 0.271 e. The largest absolute Gasteiger partial charge is 0.497 e. The Morgan fingerprint density at radius 1 is 1.24 bits per heavy atom. The average Bonchev–Trinajstić information content (AvgIpc) is 2.92. The number of thiophene rings is 1. The van der Waals surface area contributed by atoms with Gasteiger partial charge in [0.25, 0.3) is 5.91 Å². The molecule has 0 atom stereocenters. The van der Waals surface area contributed by atoms with Crippen LogP contribution in [0.1, 0.15) is 20.8 Å². The lowest BCUT2D eigenvalue weighted by Crippen LogP contribution is -2.17. The van der Waals surface area contributed by atoms with Crippen molar-refractivity contribution >= 4 is 23.5 Å². The number of carbonyl (C=O) groups excluding carboxylic acids is 1. The maximum atomic E-state index is 12.1. The van der Waals surface area contributed by atoms with Gasteiger partial charge in [-0.2, -0.15) is 5.10 Å². The minimum absolute atomic E-state index is 0.322. The molecule has 0 aliphatic heterocycles. The van der Waals surface area contributed by atoms with Gasteiger partial charge in [0.15, 0.2) is 0 Å². The van der Waals surface area contributed by atoms with E-state index in [2.05, 4.69) is 10.5 Å². The summed E-state index contributed by atoms with van der Waals surface area (Å²) in [5.74, 6) is 0.785. The van der Waals surface area contributed by atoms with Gasteiger partial charge in [-0.1, -0.05) is 0 Å². The molecule has 1 aromatic carbocycles. The summed E-state index contributed by atoms with van der Waals surface area (Å²) in [6.07, 6.45) is 1.63. The number of aryl methyl sites for hydroxylation is 1. The van der Waals surface area contributed by atoms with Crippen LogP contribution >= 0.6 is 11.3 Å². The molecule has 21 heavy (non-hydrogen) atoms. The first-order valence-electron chi connectivity index (χ1n) is 6.24. The Balaban J connectivity index is 2.10. The van der Waals surface area contributed by atoms with Crippen molar-refractivity contribution in [2.24, 2.45) is 5.10 Å². The van der Waals surface area contributed by atoms with Crippen molar-refractivity contribution in [3.8, 4) is 11.5 Å². The van der Waals surface area contributed by atoms with Crippen molar-refractivity contribution in [3.63, 3.8) is 0 Å². The number of nitrogens with one attached hydrogen (secondary N) is 1. The Morgan fingerprint density at radius 2 is 1.90 bits per heavy atom. The molecule has 0 saturated heterocycles. The molecule has 0 aliphatic rings. The molecule has 0 saturated carbocycles. The molecule has 1 heterocycles. The summed E-state index contributed by atoms with van der Waals surface area (Å²) < 4.78 is 10.3. The van der Waals surface area contributed by atoms with E-state index in [9.17, 15) is 4.79 Å². The summed E-state index contributed by atoms with van der Waals surface area (Å²) in [6.45, 7) is 1.99. The molecule has 110 valence electrons. The third-order valence-electron chi connectivity index (χ3n) is 2.86. The molecule has 0 unspecified atom stereocenters. The predicted octanol–water partition coefficient (Wildman–Crippen LogP) is 2.84. The molecule has 0 bridgehead atoms. The highest BCUT2D eigenvalue weighted by Crippen LogP contribution is 2.22. The zero-order valence-electron chi connectivity index (χ0n) is 12.0. The van der Waals surface area contributed by atoms with Gasteiger partial charge in [-0.15, -0.1) is 11.3 Å². The van der Waals surface area contributed by atoms with Gasteiger partial charge in [0.2, 0.25) is 0 Å². The van der Waals surface area contributed by atoms with E-state index in [4.69, 9.17) is 9.47 Å². The van der Waals surface area contributed by atoms with Crippen molar-refractivity contribution in [2.45, 2.75) is 6.92 Å². The normalized spacial score (nSPS) is 10.6. The van der Waals surface area contributed by atoms with Crippen LogP contribution in [0, 0.1) is 6.92 Å². The number of amides is 1. The van der Waals surface area contributed by atoms with Gasteiger partial charge >= 0.3 is 0 Å². The molecule has 1 amide bonds. The number of hydrogen-bond donors (Lipinski definition) is 1. The highest BCUT2D eigenvalue weighted by molar-refractivity contribution is 7.11. The minimum atomic E-state index is -0.322. The van der Waals surface area contributed by atoms with Gasteiger partial charge in [0, 0.05) is 16.5 Å². The van der Waals surface area contributed by atoms with Crippen molar-refractivity contribution in [1.29, 1.82) is 0 Å². The SMILES string of the molecule is COc1cc(OC)cc(C(=O)N/N=C\c2sccc2C)c1. The summed E-state index contributed by atoms with van der Waals surface area (Å²) >= 11 is 1.57. The maximum absolute atomic E-state index is 12.1. The van der Waals surface area contributed by atoms with E-state index in [1.54, 1.807) is 35.8 Å². The van der Waals surface area contributed by atoms with E-state index < -0.39 is 0 Å². The van der Waals surface area contributed by atoms with E-state index in [0.717, 1.165) is 10.4 Å². The molecule has 5 nitrogen and oxygen atoms in total. The molecule has 0 radical (unpaired) electrons. The van der Waals surface area contributed by atoms with Gasteiger partial charge in [-0.3, -0.25) is 4.79 Å². The third kappa shape index (κ3) is 3.82. The fraction of sp³-hybridized carbons (Fsp3) is 0.200. The van der Waals surface area contributed by atoms with Gasteiger partial charge in [-0.05, 0) is 36.1 Å². The summed E-state index contributed by atoms with van der Waals surface area (Å²) in [4.78, 5) is 13.1. The van der Waals surface area contributed by atoms with E-state index >= 15 is 0 Å². The smallest absolute Gasteiger partial charge is 0.271 e. The Bertz CT molecular complexity index is 642. The standard InChI is InChI=1S/C15H16N2O3S/c1-10-4-5-21-14(10)9-16-17-15(18)11-6-12(19-2)8-13(7-11)20-3/h4-9H,1-3H3,(H,17,18)/b16-9-. The van der Waals surface area contributed by atoms with Crippen LogP contribution in [-0.2, 0) is 0 Å². The number of hydrogen-bond acceptors (Lipinski definition) is 5. The van der Waals surface area contributed by atoms with Crippen LogP contribution < -0.4 is 14.9 Å². The summed E-state index contributed by atoms with van der Waals surface area (Å²) in [5.41, 5.74) is 4.04. The van der Waals surface area contributed by atoms with E-state index in [1.165, 1.54) is 14.2 Å². The van der Waals surface area contributed by atoms with Crippen LogP contribution in [0.15, 0.2) is 34.7 Å². The molecule has 1 aromatic heterocycles. The van der Waals surface area contributed by atoms with Gasteiger partial charge < -0.3 is 9.47 Å². The fourth-order valence-corrected chi connectivity index (χ4v) is 2.46. The second kappa shape index (κ2) is 6.90. The minimum Gasteiger partial charge on any atom is -0.497 e. The Kier molecular flexibility index (Phi) is 4.94. The molecular weight excluding hydrogens is 288 g/mol. The van der Waals surface area contributed by atoms with Crippen LogP contribution in [0.2, 0.25) is 0 Å². The topological polar surface area (TPSA) is 59.9 Å². The lowest BCUT2D eigenvalue weighted by Gasteiger charge is -2.07. The summed E-state index contributed by atoms with van der Waals surface area (Å²) in [7, 11) is 3.07. The number of hydrazone groups is 1. The van der Waals surface area contributed by atoms with Gasteiger partial charge in [0.1, 0.15) is 11.5 Å². The molecule has 1 N–H and O–H groups in total. The van der Waals surface area contributed by atoms with Gasteiger partial charge in [-0.25, -0.2) is 5.43 Å². The van der Waals surface area contributed by atoms with Crippen molar-refractivity contribution in [1.82, 2.24) is 5.43 Å². The number of carbonyl (C=O) groups is 1. The first-order chi connectivity index (χ1) is 10.1. The fourth-order valence-electron chi connectivity index (χ4n) is 1.67. The van der Waals surface area contributed by atoms with Crippen LogP contribution in [0.3, 0.4) is 0 Å².